The number of amides is 1. The molecule has 2 aliphatic heterocycles. The van der Waals surface area contributed by atoms with Gasteiger partial charge in [-0.15, -0.1) is 0 Å². The highest BCUT2D eigenvalue weighted by Gasteiger charge is 2.31. The Hall–Kier alpha value is -3.70. The van der Waals surface area contributed by atoms with Crippen LogP contribution in [0.15, 0.2) is 47.5 Å². The van der Waals surface area contributed by atoms with Crippen molar-refractivity contribution < 1.29 is 4.79 Å². The number of nitrogens with one attached hydrogen (secondary N) is 1. The fraction of sp³-hybridized carbons (Fsp3) is 0.385. The Bertz CT molecular complexity index is 1290. The molecule has 8 nitrogen and oxygen atoms in total. The molecule has 5 rings (SSSR count). The van der Waals surface area contributed by atoms with E-state index < -0.39 is 0 Å². The third-order valence-electron chi connectivity index (χ3n) is 6.95. The minimum absolute atomic E-state index is 0.00785. The molecule has 174 valence electrons. The predicted octanol–water partition coefficient (Wildman–Crippen LogP) is 3.11. The van der Waals surface area contributed by atoms with Crippen LogP contribution in [0.4, 0.5) is 0 Å². The van der Waals surface area contributed by atoms with Crippen LogP contribution in [0, 0.1) is 18.3 Å². The van der Waals surface area contributed by atoms with E-state index in [0.29, 0.717) is 22.5 Å². The number of aryl methyl sites for hydroxylation is 1. The molecule has 4 heterocycles. The molecule has 0 aliphatic carbocycles. The molecular formula is C26H28N6O2. The number of aromatic amines is 1. The molecule has 1 aromatic carbocycles. The molecule has 0 radical (unpaired) electrons. The number of nitrogens with zero attached hydrogens (tertiary/aromatic N) is 5. The summed E-state index contributed by atoms with van der Waals surface area (Å²) in [5, 5.41) is 12.1. The van der Waals surface area contributed by atoms with E-state index in [9.17, 15) is 9.59 Å². The molecule has 1 N–H and O–H groups in total. The fourth-order valence-corrected chi connectivity index (χ4v) is 5.14. The van der Waals surface area contributed by atoms with Crippen molar-refractivity contribution in [1.82, 2.24) is 24.6 Å². The molecule has 0 unspecified atom stereocenters. The van der Waals surface area contributed by atoms with Crippen molar-refractivity contribution in [2.24, 2.45) is 0 Å². The SMILES string of the molecule is Cc1cc(C#N)ccc1-c1c[nH]n(-c2ccc(C(=O)N3CCC[C@@H]3CN3CCCC3)cn2)c1=O. The minimum Gasteiger partial charge on any atom is -0.334 e. The van der Waals surface area contributed by atoms with Crippen LogP contribution in [-0.2, 0) is 0 Å². The zero-order valence-corrected chi connectivity index (χ0v) is 19.3. The van der Waals surface area contributed by atoms with Crippen LogP contribution in [0.25, 0.3) is 16.9 Å². The number of hydrogen-bond donors (Lipinski definition) is 1. The lowest BCUT2D eigenvalue weighted by atomic mass is 10.0. The number of rotatable bonds is 5. The van der Waals surface area contributed by atoms with Crippen LogP contribution in [0.5, 0.6) is 0 Å². The van der Waals surface area contributed by atoms with Gasteiger partial charge in [0.2, 0.25) is 0 Å². The zero-order valence-electron chi connectivity index (χ0n) is 19.3. The van der Waals surface area contributed by atoms with Crippen LogP contribution in [-0.4, -0.2) is 62.7 Å². The number of carbonyl (C=O) groups excluding carboxylic acids is 1. The summed E-state index contributed by atoms with van der Waals surface area (Å²) < 4.78 is 1.37. The van der Waals surface area contributed by atoms with Gasteiger partial charge in [-0.1, -0.05) is 6.07 Å². The molecule has 1 amide bonds. The van der Waals surface area contributed by atoms with E-state index in [4.69, 9.17) is 5.26 Å². The maximum atomic E-state index is 13.2. The van der Waals surface area contributed by atoms with E-state index >= 15 is 0 Å². The smallest absolute Gasteiger partial charge is 0.280 e. The fourth-order valence-electron chi connectivity index (χ4n) is 5.14. The summed E-state index contributed by atoms with van der Waals surface area (Å²) >= 11 is 0. The number of pyridine rings is 1. The van der Waals surface area contributed by atoms with Gasteiger partial charge in [0.05, 0.1) is 22.8 Å². The molecule has 0 bridgehead atoms. The second kappa shape index (κ2) is 9.27. The maximum absolute atomic E-state index is 13.2. The average molecular weight is 457 g/mol. The van der Waals surface area contributed by atoms with E-state index in [2.05, 4.69) is 21.1 Å². The molecule has 2 aromatic heterocycles. The Morgan fingerprint density at radius 1 is 1.15 bits per heavy atom. The first-order valence-electron chi connectivity index (χ1n) is 11.9. The molecule has 1 atom stereocenters. The average Bonchev–Trinajstić information content (AvgIpc) is 3.61. The van der Waals surface area contributed by atoms with E-state index in [1.54, 1.807) is 42.7 Å². The van der Waals surface area contributed by atoms with Gasteiger partial charge in [0, 0.05) is 31.5 Å². The van der Waals surface area contributed by atoms with Crippen molar-refractivity contribution in [3.05, 3.63) is 69.8 Å². The van der Waals surface area contributed by atoms with Gasteiger partial charge in [-0.2, -0.15) is 5.26 Å². The van der Waals surface area contributed by atoms with E-state index in [1.807, 2.05) is 11.8 Å². The van der Waals surface area contributed by atoms with Gasteiger partial charge in [-0.3, -0.25) is 14.7 Å². The van der Waals surface area contributed by atoms with E-state index in [1.165, 1.54) is 17.5 Å². The standard InChI is InChI=1S/C26H28N6O2/c1-18-13-19(14-27)6-8-22(18)23-16-29-32(26(23)34)24-9-7-20(15-28-24)25(33)31-12-4-5-21(31)17-30-10-2-3-11-30/h6-9,13,15-16,21,29H,2-5,10-12,17H2,1H3/t21-/m1/s1. The summed E-state index contributed by atoms with van der Waals surface area (Å²) in [6, 6.07) is 11.1. The van der Waals surface area contributed by atoms with Gasteiger partial charge in [0.25, 0.3) is 11.5 Å². The molecule has 3 aromatic rings. The van der Waals surface area contributed by atoms with Gasteiger partial charge < -0.3 is 9.80 Å². The van der Waals surface area contributed by atoms with Crippen LogP contribution in [0.2, 0.25) is 0 Å². The van der Waals surface area contributed by atoms with Crippen LogP contribution >= 0.6 is 0 Å². The molecule has 0 spiro atoms. The van der Waals surface area contributed by atoms with Crippen molar-refractivity contribution in [3.8, 4) is 23.0 Å². The number of nitriles is 1. The van der Waals surface area contributed by atoms with Crippen LogP contribution in [0.1, 0.15) is 47.2 Å². The summed E-state index contributed by atoms with van der Waals surface area (Å²) in [5.74, 6) is 0.433. The van der Waals surface area contributed by atoms with Crippen molar-refractivity contribution in [2.45, 2.75) is 38.6 Å². The Balaban J connectivity index is 1.34. The minimum atomic E-state index is -0.232. The number of H-pyrrole nitrogens is 1. The molecule has 34 heavy (non-hydrogen) atoms. The van der Waals surface area contributed by atoms with Crippen molar-refractivity contribution in [1.29, 1.82) is 5.26 Å². The second-order valence-corrected chi connectivity index (χ2v) is 9.18. The second-order valence-electron chi connectivity index (χ2n) is 9.18. The van der Waals surface area contributed by atoms with E-state index in [0.717, 1.165) is 50.1 Å². The highest BCUT2D eigenvalue weighted by molar-refractivity contribution is 5.94. The predicted molar refractivity (Wildman–Crippen MR) is 129 cm³/mol. The van der Waals surface area contributed by atoms with Crippen molar-refractivity contribution in [2.75, 3.05) is 26.2 Å². The van der Waals surface area contributed by atoms with Gasteiger partial charge in [0.1, 0.15) is 0 Å². The Morgan fingerprint density at radius 2 is 1.97 bits per heavy atom. The molecule has 2 aliphatic rings. The third kappa shape index (κ3) is 4.15. The largest absolute Gasteiger partial charge is 0.334 e. The summed E-state index contributed by atoms with van der Waals surface area (Å²) in [4.78, 5) is 35.1. The summed E-state index contributed by atoms with van der Waals surface area (Å²) in [6.45, 7) is 5.86. The van der Waals surface area contributed by atoms with Gasteiger partial charge in [-0.25, -0.2) is 9.67 Å². The Morgan fingerprint density at radius 3 is 2.68 bits per heavy atom. The first-order chi connectivity index (χ1) is 16.5. The molecule has 2 saturated heterocycles. The topological polar surface area (TPSA) is 98.0 Å². The normalized spacial score (nSPS) is 18.4. The Labute approximate surface area is 198 Å². The first kappa shape index (κ1) is 22.1. The van der Waals surface area contributed by atoms with E-state index in [-0.39, 0.29) is 17.5 Å². The summed E-state index contributed by atoms with van der Waals surface area (Å²) in [5.41, 5.74) is 2.99. The lowest BCUT2D eigenvalue weighted by Crippen LogP contribution is -2.42. The number of aromatic nitrogens is 3. The molecule has 2 fully saturated rings. The van der Waals surface area contributed by atoms with Crippen LogP contribution in [0.3, 0.4) is 0 Å². The lowest BCUT2D eigenvalue weighted by Gasteiger charge is -2.28. The Kier molecular flexibility index (Phi) is 6.03. The molecular weight excluding hydrogens is 428 g/mol. The highest BCUT2D eigenvalue weighted by Crippen LogP contribution is 2.24. The quantitative estimate of drug-likeness (QED) is 0.636. The lowest BCUT2D eigenvalue weighted by molar-refractivity contribution is 0.0708. The molecule has 0 saturated carbocycles. The van der Waals surface area contributed by atoms with Crippen molar-refractivity contribution in [3.63, 3.8) is 0 Å². The number of benzene rings is 1. The number of likely N-dealkylation sites (tertiary alicyclic amines) is 2. The number of hydrogen-bond acceptors (Lipinski definition) is 5. The van der Waals surface area contributed by atoms with Gasteiger partial charge in [0.15, 0.2) is 5.82 Å². The van der Waals surface area contributed by atoms with Gasteiger partial charge >= 0.3 is 0 Å². The van der Waals surface area contributed by atoms with Crippen molar-refractivity contribution >= 4 is 5.91 Å². The highest BCUT2D eigenvalue weighted by atomic mass is 16.2. The third-order valence-corrected chi connectivity index (χ3v) is 6.95. The number of carbonyl (C=O) groups is 1. The maximum Gasteiger partial charge on any atom is 0.280 e. The first-order valence-corrected chi connectivity index (χ1v) is 11.9. The monoisotopic (exact) mass is 456 g/mol. The summed E-state index contributed by atoms with van der Waals surface area (Å²) in [6.07, 6.45) is 7.77. The van der Waals surface area contributed by atoms with Crippen LogP contribution < -0.4 is 5.56 Å². The van der Waals surface area contributed by atoms with Gasteiger partial charge in [-0.05, 0) is 81.1 Å². The molecule has 8 heteroatoms. The zero-order chi connectivity index (χ0) is 23.7. The summed E-state index contributed by atoms with van der Waals surface area (Å²) in [7, 11) is 0.